The highest BCUT2D eigenvalue weighted by atomic mass is 31.2. The van der Waals surface area contributed by atoms with Crippen molar-refractivity contribution >= 4 is 41.0 Å². The average molecular weight is 617 g/mol. The normalized spacial score (nSPS) is 12.6. The summed E-state index contributed by atoms with van der Waals surface area (Å²) in [5, 5.41) is 5.41. The standard InChI is InChI=1S/C36H45N2O5P/c1-7-36(5,6)35(39)43-23-22-37-32-21-20-30(28-12-10-11-13-29(28)32)34(26-16-14-25(4)15-17-26)31-19-18-27(38(8-2)9-3)24-33(31)44(40,41)42/h10-21,24,34,37H,7-9,22-23H2,1-6H3,(H2,40,41,42). The predicted octanol–water partition coefficient (Wildman–Crippen LogP) is 7.37. The molecule has 0 amide bonds. The number of anilines is 2. The van der Waals surface area contributed by atoms with Gasteiger partial charge in [-0.15, -0.1) is 0 Å². The number of carbonyl (C=O) groups excluding carboxylic acids is 1. The molecule has 0 bridgehead atoms. The van der Waals surface area contributed by atoms with E-state index in [2.05, 4.69) is 10.2 Å². The molecule has 4 aromatic carbocycles. The minimum absolute atomic E-state index is 0.0376. The molecule has 44 heavy (non-hydrogen) atoms. The van der Waals surface area contributed by atoms with Crippen molar-refractivity contribution < 1.29 is 23.9 Å². The fraction of sp³-hybridized carbons (Fsp3) is 0.361. The maximum Gasteiger partial charge on any atom is 0.356 e. The van der Waals surface area contributed by atoms with Gasteiger partial charge in [-0.25, -0.2) is 0 Å². The summed E-state index contributed by atoms with van der Waals surface area (Å²) < 4.78 is 18.6. The Morgan fingerprint density at radius 1 is 0.909 bits per heavy atom. The molecule has 8 heteroatoms. The van der Waals surface area contributed by atoms with E-state index in [1.807, 2.05) is 114 Å². The quantitative estimate of drug-likeness (QED) is 0.0624. The summed E-state index contributed by atoms with van der Waals surface area (Å²) in [5.74, 6) is -0.643. The molecule has 0 heterocycles. The van der Waals surface area contributed by atoms with Crippen LogP contribution in [0.3, 0.4) is 0 Å². The zero-order valence-corrected chi connectivity index (χ0v) is 27.5. The lowest BCUT2D eigenvalue weighted by molar-refractivity contribution is -0.153. The van der Waals surface area contributed by atoms with Crippen molar-refractivity contribution in [3.63, 3.8) is 0 Å². The Morgan fingerprint density at radius 3 is 2.16 bits per heavy atom. The van der Waals surface area contributed by atoms with Gasteiger partial charge in [-0.05, 0) is 81.3 Å². The van der Waals surface area contributed by atoms with E-state index in [0.717, 1.165) is 51.9 Å². The first-order valence-corrected chi connectivity index (χ1v) is 17.0. The second kappa shape index (κ2) is 14.0. The van der Waals surface area contributed by atoms with Crippen LogP contribution in [0.5, 0.6) is 0 Å². The molecule has 4 rings (SSSR count). The Kier molecular flexibility index (Phi) is 10.6. The predicted molar refractivity (Wildman–Crippen MR) is 181 cm³/mol. The van der Waals surface area contributed by atoms with Gasteiger partial charge in [0.05, 0.1) is 10.7 Å². The number of hydrogen-bond acceptors (Lipinski definition) is 5. The smallest absolute Gasteiger partial charge is 0.356 e. The van der Waals surface area contributed by atoms with E-state index >= 15 is 0 Å². The van der Waals surface area contributed by atoms with E-state index in [0.29, 0.717) is 18.5 Å². The molecule has 0 aliphatic carbocycles. The van der Waals surface area contributed by atoms with Gasteiger partial charge in [-0.3, -0.25) is 9.36 Å². The first-order chi connectivity index (χ1) is 20.9. The molecule has 4 aromatic rings. The molecule has 1 unspecified atom stereocenters. The molecular weight excluding hydrogens is 571 g/mol. The van der Waals surface area contributed by atoms with Crippen molar-refractivity contribution in [1.29, 1.82) is 0 Å². The maximum absolute atomic E-state index is 13.0. The lowest BCUT2D eigenvalue weighted by Crippen LogP contribution is -2.27. The van der Waals surface area contributed by atoms with E-state index in [1.54, 1.807) is 6.07 Å². The fourth-order valence-corrected chi connectivity index (χ4v) is 6.34. The molecule has 234 valence electrons. The fourth-order valence-electron chi connectivity index (χ4n) is 5.50. The van der Waals surface area contributed by atoms with Crippen LogP contribution in [0.2, 0.25) is 0 Å². The van der Waals surface area contributed by atoms with Gasteiger partial charge in [0.15, 0.2) is 0 Å². The van der Waals surface area contributed by atoms with Crippen LogP contribution in [-0.2, 0) is 14.1 Å². The molecule has 0 aliphatic heterocycles. The van der Waals surface area contributed by atoms with Crippen LogP contribution in [0.25, 0.3) is 10.8 Å². The molecule has 0 spiro atoms. The lowest BCUT2D eigenvalue weighted by atomic mass is 9.82. The number of ether oxygens (including phenoxy) is 1. The third kappa shape index (κ3) is 7.35. The van der Waals surface area contributed by atoms with E-state index in [-0.39, 0.29) is 17.9 Å². The molecule has 0 saturated heterocycles. The topological polar surface area (TPSA) is 99.1 Å². The van der Waals surface area contributed by atoms with Gasteiger partial charge in [0.25, 0.3) is 0 Å². The SMILES string of the molecule is CCN(CC)c1ccc(C(c2ccc(C)cc2)c2ccc(NCCOC(=O)C(C)(C)CC)c3ccccc23)c(P(=O)(O)O)c1. The number of nitrogens with zero attached hydrogens (tertiary/aromatic N) is 1. The lowest BCUT2D eigenvalue weighted by Gasteiger charge is -2.27. The minimum Gasteiger partial charge on any atom is -0.463 e. The zero-order chi connectivity index (χ0) is 32.1. The van der Waals surface area contributed by atoms with Crippen molar-refractivity contribution in [1.82, 2.24) is 0 Å². The number of rotatable bonds is 13. The number of fused-ring (bicyclic) bond motifs is 1. The Bertz CT molecular complexity index is 1640. The van der Waals surface area contributed by atoms with Crippen LogP contribution < -0.4 is 15.5 Å². The third-order valence-corrected chi connectivity index (χ3v) is 9.55. The Morgan fingerprint density at radius 2 is 1.55 bits per heavy atom. The number of carbonyl (C=O) groups is 1. The van der Waals surface area contributed by atoms with E-state index in [4.69, 9.17) is 4.74 Å². The van der Waals surface area contributed by atoms with Crippen molar-refractivity contribution in [2.75, 3.05) is 36.5 Å². The van der Waals surface area contributed by atoms with Crippen LogP contribution >= 0.6 is 7.60 Å². The Balaban J connectivity index is 1.81. The highest BCUT2D eigenvalue weighted by Crippen LogP contribution is 2.44. The summed E-state index contributed by atoms with van der Waals surface area (Å²) >= 11 is 0. The largest absolute Gasteiger partial charge is 0.463 e. The monoisotopic (exact) mass is 616 g/mol. The first kappa shape index (κ1) is 33.3. The van der Waals surface area contributed by atoms with E-state index in [9.17, 15) is 19.1 Å². The van der Waals surface area contributed by atoms with Crippen LogP contribution in [0.15, 0.2) is 78.9 Å². The van der Waals surface area contributed by atoms with Gasteiger partial charge in [-0.1, -0.05) is 73.2 Å². The summed E-state index contributed by atoms with van der Waals surface area (Å²) in [4.78, 5) is 35.8. The highest BCUT2D eigenvalue weighted by molar-refractivity contribution is 7.60. The van der Waals surface area contributed by atoms with Crippen LogP contribution in [-0.4, -0.2) is 42.0 Å². The number of aryl methyl sites for hydroxylation is 1. The number of hydrogen-bond donors (Lipinski definition) is 3. The summed E-state index contributed by atoms with van der Waals surface area (Å²) in [6.45, 7) is 14.0. The van der Waals surface area contributed by atoms with Crippen LogP contribution in [0.1, 0.15) is 69.2 Å². The zero-order valence-electron chi connectivity index (χ0n) is 26.6. The summed E-state index contributed by atoms with van der Waals surface area (Å²) in [6.07, 6.45) is 0.704. The molecule has 0 fully saturated rings. The second-order valence-electron chi connectivity index (χ2n) is 11.9. The second-order valence-corrected chi connectivity index (χ2v) is 13.4. The van der Waals surface area contributed by atoms with Gasteiger partial charge in [0.1, 0.15) is 6.61 Å². The minimum atomic E-state index is -4.64. The molecule has 3 N–H and O–H groups in total. The van der Waals surface area contributed by atoms with Crippen molar-refractivity contribution in [2.24, 2.45) is 5.41 Å². The summed E-state index contributed by atoms with van der Waals surface area (Å²) in [7, 11) is -4.64. The van der Waals surface area contributed by atoms with Crippen LogP contribution in [0, 0.1) is 12.3 Å². The first-order valence-electron chi connectivity index (χ1n) is 15.4. The Labute approximate surface area is 261 Å². The van der Waals surface area contributed by atoms with Gasteiger partial charge in [0.2, 0.25) is 0 Å². The molecular formula is C36H45N2O5P. The molecule has 0 radical (unpaired) electrons. The molecule has 0 aromatic heterocycles. The third-order valence-electron chi connectivity index (χ3n) is 8.53. The molecule has 0 saturated carbocycles. The van der Waals surface area contributed by atoms with Gasteiger partial charge in [-0.2, -0.15) is 0 Å². The van der Waals surface area contributed by atoms with Crippen molar-refractivity contribution in [3.8, 4) is 0 Å². The van der Waals surface area contributed by atoms with Crippen LogP contribution in [0.4, 0.5) is 11.4 Å². The van der Waals surface area contributed by atoms with Gasteiger partial charge < -0.3 is 24.7 Å². The molecule has 0 aliphatic rings. The Hall–Kier alpha value is -3.64. The van der Waals surface area contributed by atoms with Crippen molar-refractivity contribution in [2.45, 2.75) is 53.9 Å². The number of nitrogens with one attached hydrogen (secondary N) is 1. The molecule has 1 atom stereocenters. The number of benzene rings is 4. The van der Waals surface area contributed by atoms with Crippen molar-refractivity contribution in [3.05, 3.63) is 101 Å². The average Bonchev–Trinajstić information content (AvgIpc) is 3.01. The van der Waals surface area contributed by atoms with E-state index < -0.39 is 18.9 Å². The summed E-state index contributed by atoms with van der Waals surface area (Å²) in [6, 6.07) is 25.7. The highest BCUT2D eigenvalue weighted by Gasteiger charge is 2.30. The number of esters is 1. The molecule has 7 nitrogen and oxygen atoms in total. The summed E-state index contributed by atoms with van der Waals surface area (Å²) in [5.41, 5.74) is 4.72. The maximum atomic E-state index is 13.0. The van der Waals surface area contributed by atoms with Gasteiger partial charge >= 0.3 is 13.6 Å². The van der Waals surface area contributed by atoms with Gasteiger partial charge in [0, 0.05) is 42.3 Å². The van der Waals surface area contributed by atoms with E-state index in [1.165, 1.54) is 0 Å².